The van der Waals surface area contributed by atoms with Crippen LogP contribution in [0.1, 0.15) is 33.6 Å². The number of hydrogen-bond donors (Lipinski definition) is 1. The van der Waals surface area contributed by atoms with Gasteiger partial charge in [-0.3, -0.25) is 9.69 Å². The maximum absolute atomic E-state index is 10.9. The molecule has 0 aliphatic carbocycles. The Hall–Kier alpha value is -0.610. The van der Waals surface area contributed by atoms with Crippen LogP contribution >= 0.6 is 0 Å². The van der Waals surface area contributed by atoms with Crippen LogP contribution in [0.4, 0.5) is 0 Å². The Balaban J connectivity index is 1.79. The second kappa shape index (κ2) is 5.57. The van der Waals surface area contributed by atoms with Crippen LogP contribution < -0.4 is 0 Å². The predicted molar refractivity (Wildman–Crippen MR) is 69.5 cm³/mol. The normalized spacial score (nSPS) is 32.2. The fourth-order valence-electron chi connectivity index (χ4n) is 2.97. The molecule has 4 nitrogen and oxygen atoms in total. The van der Waals surface area contributed by atoms with Crippen LogP contribution in [0, 0.1) is 17.8 Å². The van der Waals surface area contributed by atoms with E-state index in [1.165, 1.54) is 0 Å². The van der Waals surface area contributed by atoms with E-state index in [2.05, 4.69) is 18.7 Å². The van der Waals surface area contributed by atoms with E-state index in [0.29, 0.717) is 24.0 Å². The van der Waals surface area contributed by atoms with Crippen molar-refractivity contribution in [1.82, 2.24) is 4.90 Å². The van der Waals surface area contributed by atoms with Gasteiger partial charge < -0.3 is 9.84 Å². The van der Waals surface area contributed by atoms with Crippen molar-refractivity contribution in [3.63, 3.8) is 0 Å². The smallest absolute Gasteiger partial charge is 0.306 e. The fraction of sp³-hybridized carbons (Fsp3) is 0.929. The van der Waals surface area contributed by atoms with E-state index in [1.54, 1.807) is 0 Å². The highest BCUT2D eigenvalue weighted by molar-refractivity contribution is 5.70. The topological polar surface area (TPSA) is 49.8 Å². The van der Waals surface area contributed by atoms with Gasteiger partial charge in [0.2, 0.25) is 0 Å². The molecule has 2 aliphatic rings. The van der Waals surface area contributed by atoms with Crippen LogP contribution in [0.15, 0.2) is 0 Å². The zero-order valence-corrected chi connectivity index (χ0v) is 11.6. The Morgan fingerprint density at radius 2 is 2.00 bits per heavy atom. The maximum atomic E-state index is 10.9. The van der Waals surface area contributed by atoms with E-state index in [-0.39, 0.29) is 5.92 Å². The number of rotatable bonds is 4. The van der Waals surface area contributed by atoms with Crippen LogP contribution in [-0.2, 0) is 9.53 Å². The third kappa shape index (κ3) is 2.86. The Morgan fingerprint density at radius 3 is 2.56 bits per heavy atom. The van der Waals surface area contributed by atoms with Crippen molar-refractivity contribution < 1.29 is 14.6 Å². The second-order valence-corrected chi connectivity index (χ2v) is 6.17. The maximum Gasteiger partial charge on any atom is 0.306 e. The van der Waals surface area contributed by atoms with Crippen molar-refractivity contribution in [1.29, 1.82) is 0 Å². The molecule has 3 atom stereocenters. The Kier molecular flexibility index (Phi) is 4.28. The van der Waals surface area contributed by atoms with E-state index >= 15 is 0 Å². The average molecular weight is 255 g/mol. The van der Waals surface area contributed by atoms with Gasteiger partial charge in [0, 0.05) is 25.7 Å². The highest BCUT2D eigenvalue weighted by Gasteiger charge is 2.39. The van der Waals surface area contributed by atoms with E-state index in [4.69, 9.17) is 9.84 Å². The lowest BCUT2D eigenvalue weighted by molar-refractivity contribution is -0.147. The Labute approximate surface area is 109 Å². The second-order valence-electron chi connectivity index (χ2n) is 6.17. The van der Waals surface area contributed by atoms with Crippen molar-refractivity contribution in [2.75, 3.05) is 19.7 Å². The van der Waals surface area contributed by atoms with Gasteiger partial charge in [-0.15, -0.1) is 0 Å². The van der Waals surface area contributed by atoms with Crippen molar-refractivity contribution in [2.24, 2.45) is 17.8 Å². The lowest BCUT2D eigenvalue weighted by atomic mass is 9.83. The van der Waals surface area contributed by atoms with Gasteiger partial charge in [0.15, 0.2) is 0 Å². The van der Waals surface area contributed by atoms with Crippen molar-refractivity contribution in [2.45, 2.75) is 45.8 Å². The molecule has 0 bridgehead atoms. The van der Waals surface area contributed by atoms with Gasteiger partial charge >= 0.3 is 5.97 Å². The van der Waals surface area contributed by atoms with E-state index in [1.807, 2.05) is 6.92 Å². The minimum Gasteiger partial charge on any atom is -0.481 e. The first-order valence-corrected chi connectivity index (χ1v) is 7.07. The Morgan fingerprint density at radius 1 is 1.33 bits per heavy atom. The SMILES string of the molecule is CC(C)C1CC(N2CC(C(C)C(=O)O)C2)CCO1. The predicted octanol–water partition coefficient (Wildman–Crippen LogP) is 1.84. The van der Waals surface area contributed by atoms with Crippen LogP contribution in [0.3, 0.4) is 0 Å². The number of ether oxygens (including phenoxy) is 1. The Bertz CT molecular complexity index is 299. The van der Waals surface area contributed by atoms with Gasteiger partial charge in [0.1, 0.15) is 0 Å². The zero-order valence-electron chi connectivity index (χ0n) is 11.6. The molecule has 4 heteroatoms. The molecule has 18 heavy (non-hydrogen) atoms. The van der Waals surface area contributed by atoms with Crippen LogP contribution in [-0.4, -0.2) is 47.8 Å². The quantitative estimate of drug-likeness (QED) is 0.833. The number of carboxylic acids is 1. The van der Waals surface area contributed by atoms with Crippen LogP contribution in [0.5, 0.6) is 0 Å². The molecule has 1 N–H and O–H groups in total. The van der Waals surface area contributed by atoms with Crippen LogP contribution in [0.2, 0.25) is 0 Å². The highest BCUT2D eigenvalue weighted by atomic mass is 16.5. The lowest BCUT2D eigenvalue weighted by Gasteiger charge is -2.48. The summed E-state index contributed by atoms with van der Waals surface area (Å²) in [5.41, 5.74) is 0. The summed E-state index contributed by atoms with van der Waals surface area (Å²) < 4.78 is 5.78. The fourth-order valence-corrected chi connectivity index (χ4v) is 2.97. The standard InChI is InChI=1S/C14H25NO3/c1-9(2)13-6-12(4-5-18-13)15-7-11(8-15)10(3)14(16)17/h9-13H,4-8H2,1-3H3,(H,16,17). The molecule has 2 rings (SSSR count). The first-order valence-electron chi connectivity index (χ1n) is 7.07. The summed E-state index contributed by atoms with van der Waals surface area (Å²) in [6.45, 7) is 8.98. The minimum absolute atomic E-state index is 0.206. The number of aliphatic carboxylic acids is 1. The molecular weight excluding hydrogens is 230 g/mol. The summed E-state index contributed by atoms with van der Waals surface area (Å²) in [5, 5.41) is 8.99. The van der Waals surface area contributed by atoms with Crippen LogP contribution in [0.25, 0.3) is 0 Å². The third-order valence-electron chi connectivity index (χ3n) is 4.58. The van der Waals surface area contributed by atoms with Gasteiger partial charge in [-0.25, -0.2) is 0 Å². The third-order valence-corrected chi connectivity index (χ3v) is 4.58. The summed E-state index contributed by atoms with van der Waals surface area (Å²) in [6.07, 6.45) is 2.57. The van der Waals surface area contributed by atoms with Gasteiger partial charge in [-0.05, 0) is 24.7 Å². The van der Waals surface area contributed by atoms with Crippen molar-refractivity contribution in [3.05, 3.63) is 0 Å². The molecule has 0 amide bonds. The first kappa shape index (κ1) is 13.8. The minimum atomic E-state index is -0.660. The number of hydrogen-bond acceptors (Lipinski definition) is 3. The number of nitrogens with zero attached hydrogens (tertiary/aromatic N) is 1. The average Bonchev–Trinajstić information content (AvgIpc) is 2.27. The molecule has 0 spiro atoms. The molecule has 0 aromatic heterocycles. The molecule has 104 valence electrons. The van der Waals surface area contributed by atoms with Gasteiger partial charge in [-0.1, -0.05) is 20.8 Å². The summed E-state index contributed by atoms with van der Waals surface area (Å²) in [5.74, 6) is 0.0410. The summed E-state index contributed by atoms with van der Waals surface area (Å²) >= 11 is 0. The lowest BCUT2D eigenvalue weighted by Crippen LogP contribution is -2.57. The molecule has 0 saturated carbocycles. The molecule has 2 saturated heterocycles. The van der Waals surface area contributed by atoms with Gasteiger partial charge in [0.25, 0.3) is 0 Å². The van der Waals surface area contributed by atoms with E-state index in [0.717, 1.165) is 32.5 Å². The zero-order chi connectivity index (χ0) is 13.3. The molecule has 0 radical (unpaired) electrons. The summed E-state index contributed by atoms with van der Waals surface area (Å²) in [6, 6.07) is 0.600. The summed E-state index contributed by atoms with van der Waals surface area (Å²) in [7, 11) is 0. The monoisotopic (exact) mass is 255 g/mol. The molecule has 0 aromatic rings. The number of likely N-dealkylation sites (tertiary alicyclic amines) is 1. The molecular formula is C14H25NO3. The number of carboxylic acid groups (broad SMARTS) is 1. The first-order chi connectivity index (χ1) is 8.49. The van der Waals surface area contributed by atoms with E-state index < -0.39 is 5.97 Å². The van der Waals surface area contributed by atoms with Gasteiger partial charge in [-0.2, -0.15) is 0 Å². The molecule has 2 heterocycles. The van der Waals surface area contributed by atoms with Crippen molar-refractivity contribution >= 4 is 5.97 Å². The van der Waals surface area contributed by atoms with Gasteiger partial charge in [0.05, 0.1) is 12.0 Å². The van der Waals surface area contributed by atoms with E-state index in [9.17, 15) is 4.79 Å². The summed E-state index contributed by atoms with van der Waals surface area (Å²) in [4.78, 5) is 13.4. The largest absolute Gasteiger partial charge is 0.481 e. The molecule has 2 fully saturated rings. The van der Waals surface area contributed by atoms with Crippen molar-refractivity contribution in [3.8, 4) is 0 Å². The molecule has 2 aliphatic heterocycles. The number of carbonyl (C=O) groups is 1. The molecule has 0 aromatic carbocycles. The highest BCUT2D eigenvalue weighted by Crippen LogP contribution is 2.31. The molecule has 3 unspecified atom stereocenters.